The van der Waals surface area contributed by atoms with Crippen LogP contribution < -0.4 is 5.32 Å². The van der Waals surface area contributed by atoms with E-state index in [2.05, 4.69) is 15.5 Å². The third-order valence-electron chi connectivity index (χ3n) is 4.26. The molecule has 0 bridgehead atoms. The van der Waals surface area contributed by atoms with Gasteiger partial charge in [0.15, 0.2) is 0 Å². The van der Waals surface area contributed by atoms with Crippen LogP contribution >= 0.6 is 0 Å². The molecular formula is C20H22FN5O. The molecule has 0 aliphatic carbocycles. The van der Waals surface area contributed by atoms with E-state index in [0.717, 1.165) is 23.4 Å². The zero-order chi connectivity index (χ0) is 19.4. The second-order valence-electron chi connectivity index (χ2n) is 6.29. The lowest BCUT2D eigenvalue weighted by atomic mass is 10.2. The number of benzene rings is 1. The number of halogens is 1. The number of aryl methyl sites for hydroxylation is 2. The topological polar surface area (TPSA) is 64.7 Å². The zero-order valence-corrected chi connectivity index (χ0v) is 15.6. The zero-order valence-electron chi connectivity index (χ0n) is 15.6. The largest absolute Gasteiger partial charge is 0.319 e. The van der Waals surface area contributed by atoms with Gasteiger partial charge in [-0.2, -0.15) is 10.2 Å². The minimum Gasteiger partial charge on any atom is -0.319 e. The first-order valence-electron chi connectivity index (χ1n) is 8.76. The lowest BCUT2D eigenvalue weighted by molar-refractivity contribution is -0.111. The van der Waals surface area contributed by atoms with E-state index in [4.69, 9.17) is 0 Å². The Morgan fingerprint density at radius 3 is 2.85 bits per heavy atom. The van der Waals surface area contributed by atoms with Gasteiger partial charge in [0.2, 0.25) is 5.91 Å². The fraction of sp³-hybridized carbons (Fsp3) is 0.250. The van der Waals surface area contributed by atoms with Crippen molar-refractivity contribution in [2.24, 2.45) is 0 Å². The third-order valence-corrected chi connectivity index (χ3v) is 4.26. The van der Waals surface area contributed by atoms with Crippen molar-refractivity contribution in [3.8, 4) is 0 Å². The van der Waals surface area contributed by atoms with E-state index < -0.39 is 0 Å². The molecule has 0 saturated heterocycles. The highest BCUT2D eigenvalue weighted by molar-refractivity contribution is 6.02. The van der Waals surface area contributed by atoms with Crippen molar-refractivity contribution >= 4 is 17.7 Å². The van der Waals surface area contributed by atoms with Crippen LogP contribution in [-0.2, 0) is 17.9 Å². The Kier molecular flexibility index (Phi) is 5.49. The van der Waals surface area contributed by atoms with E-state index in [1.807, 2.05) is 33.0 Å². The predicted molar refractivity (Wildman–Crippen MR) is 103 cm³/mol. The molecule has 0 fully saturated rings. The van der Waals surface area contributed by atoms with Gasteiger partial charge in [-0.15, -0.1) is 0 Å². The van der Waals surface area contributed by atoms with Crippen molar-refractivity contribution in [2.45, 2.75) is 33.9 Å². The SMILES string of the molecule is CCn1cc(/C=C/C(=O)Nc2c(C)nn(Cc3cccc(F)c3)c2C)cn1. The molecule has 140 valence electrons. The molecule has 27 heavy (non-hydrogen) atoms. The normalized spacial score (nSPS) is 11.3. The smallest absolute Gasteiger partial charge is 0.248 e. The first-order valence-corrected chi connectivity index (χ1v) is 8.76. The predicted octanol–water partition coefficient (Wildman–Crippen LogP) is 3.56. The first kappa shape index (κ1) is 18.6. The molecule has 0 unspecified atom stereocenters. The average Bonchev–Trinajstić information content (AvgIpc) is 3.20. The quantitative estimate of drug-likeness (QED) is 0.678. The molecule has 0 aliphatic heterocycles. The van der Waals surface area contributed by atoms with E-state index >= 15 is 0 Å². The minimum absolute atomic E-state index is 0.240. The summed E-state index contributed by atoms with van der Waals surface area (Å²) in [5.41, 5.74) is 3.88. The van der Waals surface area contributed by atoms with Crippen molar-refractivity contribution in [2.75, 3.05) is 5.32 Å². The van der Waals surface area contributed by atoms with Crippen LogP contribution in [0, 0.1) is 19.7 Å². The second-order valence-corrected chi connectivity index (χ2v) is 6.29. The highest BCUT2D eigenvalue weighted by Crippen LogP contribution is 2.20. The number of carbonyl (C=O) groups is 1. The number of nitrogens with one attached hydrogen (secondary N) is 1. The molecule has 2 heterocycles. The van der Waals surface area contributed by atoms with Crippen LogP contribution in [-0.4, -0.2) is 25.5 Å². The van der Waals surface area contributed by atoms with Crippen molar-refractivity contribution < 1.29 is 9.18 Å². The summed E-state index contributed by atoms with van der Waals surface area (Å²) in [6.07, 6.45) is 6.77. The van der Waals surface area contributed by atoms with Gasteiger partial charge in [-0.25, -0.2) is 4.39 Å². The number of amides is 1. The van der Waals surface area contributed by atoms with Gasteiger partial charge in [0.25, 0.3) is 0 Å². The monoisotopic (exact) mass is 367 g/mol. The number of rotatable bonds is 6. The molecule has 1 N–H and O–H groups in total. The van der Waals surface area contributed by atoms with E-state index in [0.29, 0.717) is 17.9 Å². The Balaban J connectivity index is 1.71. The number of hydrogen-bond acceptors (Lipinski definition) is 3. The third kappa shape index (κ3) is 4.49. The Labute approximate surface area is 157 Å². The molecule has 0 saturated carbocycles. The molecular weight excluding hydrogens is 345 g/mol. The maximum atomic E-state index is 13.4. The van der Waals surface area contributed by atoms with Gasteiger partial charge in [0, 0.05) is 24.4 Å². The fourth-order valence-electron chi connectivity index (χ4n) is 2.82. The van der Waals surface area contributed by atoms with Crippen LogP contribution in [0.15, 0.2) is 42.7 Å². The summed E-state index contributed by atoms with van der Waals surface area (Å²) in [4.78, 5) is 12.3. The van der Waals surface area contributed by atoms with Crippen LogP contribution in [0.2, 0.25) is 0 Å². The highest BCUT2D eigenvalue weighted by Gasteiger charge is 2.13. The van der Waals surface area contributed by atoms with Gasteiger partial charge in [-0.3, -0.25) is 14.2 Å². The molecule has 0 aliphatic rings. The number of nitrogens with zero attached hydrogens (tertiary/aromatic N) is 4. The van der Waals surface area contributed by atoms with Crippen LogP contribution in [0.1, 0.15) is 29.4 Å². The molecule has 7 heteroatoms. The van der Waals surface area contributed by atoms with E-state index in [1.54, 1.807) is 27.7 Å². The standard InChI is InChI=1S/C20H22FN5O/c1-4-25-12-17(11-22-25)8-9-19(27)23-20-14(2)24-26(15(20)3)13-16-6-5-7-18(21)10-16/h5-12H,4,13H2,1-3H3,(H,23,27)/b9-8+. The lowest BCUT2D eigenvalue weighted by Crippen LogP contribution is -2.10. The van der Waals surface area contributed by atoms with Gasteiger partial charge in [-0.05, 0) is 44.5 Å². The lowest BCUT2D eigenvalue weighted by Gasteiger charge is -2.06. The number of aromatic nitrogens is 4. The molecule has 0 atom stereocenters. The molecule has 1 amide bonds. The summed E-state index contributed by atoms with van der Waals surface area (Å²) in [6.45, 7) is 6.93. The van der Waals surface area contributed by atoms with Crippen molar-refractivity contribution in [1.29, 1.82) is 0 Å². The molecule has 1 aromatic carbocycles. The number of carbonyl (C=O) groups excluding carboxylic acids is 1. The molecule has 2 aromatic heterocycles. The molecule has 3 aromatic rings. The van der Waals surface area contributed by atoms with Crippen molar-refractivity contribution in [3.63, 3.8) is 0 Å². The number of anilines is 1. The maximum Gasteiger partial charge on any atom is 0.248 e. The second kappa shape index (κ2) is 7.99. The average molecular weight is 367 g/mol. The van der Waals surface area contributed by atoms with Crippen LogP contribution in [0.3, 0.4) is 0 Å². The van der Waals surface area contributed by atoms with Gasteiger partial charge >= 0.3 is 0 Å². The van der Waals surface area contributed by atoms with E-state index in [-0.39, 0.29) is 11.7 Å². The summed E-state index contributed by atoms with van der Waals surface area (Å²) >= 11 is 0. The Bertz CT molecular complexity index is 986. The van der Waals surface area contributed by atoms with Crippen LogP contribution in [0.5, 0.6) is 0 Å². The van der Waals surface area contributed by atoms with Gasteiger partial charge in [0.1, 0.15) is 5.82 Å². The highest BCUT2D eigenvalue weighted by atomic mass is 19.1. The van der Waals surface area contributed by atoms with Gasteiger partial charge in [0.05, 0.1) is 29.8 Å². The molecule has 6 nitrogen and oxygen atoms in total. The summed E-state index contributed by atoms with van der Waals surface area (Å²) < 4.78 is 16.9. The number of hydrogen-bond donors (Lipinski definition) is 1. The Hall–Kier alpha value is -3.22. The van der Waals surface area contributed by atoms with Crippen molar-refractivity contribution in [1.82, 2.24) is 19.6 Å². The first-order chi connectivity index (χ1) is 13.0. The van der Waals surface area contributed by atoms with Crippen LogP contribution in [0.4, 0.5) is 10.1 Å². The van der Waals surface area contributed by atoms with Gasteiger partial charge in [-0.1, -0.05) is 12.1 Å². The summed E-state index contributed by atoms with van der Waals surface area (Å²) in [6, 6.07) is 6.41. The maximum absolute atomic E-state index is 13.4. The Morgan fingerprint density at radius 2 is 2.15 bits per heavy atom. The van der Waals surface area contributed by atoms with Crippen molar-refractivity contribution in [3.05, 3.63) is 71.1 Å². The summed E-state index contributed by atoms with van der Waals surface area (Å²) in [7, 11) is 0. The summed E-state index contributed by atoms with van der Waals surface area (Å²) in [5, 5.41) is 11.5. The van der Waals surface area contributed by atoms with E-state index in [1.165, 1.54) is 18.2 Å². The molecule has 0 radical (unpaired) electrons. The van der Waals surface area contributed by atoms with E-state index in [9.17, 15) is 9.18 Å². The fourth-order valence-corrected chi connectivity index (χ4v) is 2.82. The minimum atomic E-state index is -0.279. The van der Waals surface area contributed by atoms with Crippen LogP contribution in [0.25, 0.3) is 6.08 Å². The van der Waals surface area contributed by atoms with Gasteiger partial charge < -0.3 is 5.32 Å². The molecule has 0 spiro atoms. The molecule has 3 rings (SSSR count). The summed E-state index contributed by atoms with van der Waals surface area (Å²) in [5.74, 6) is -0.519. The Morgan fingerprint density at radius 1 is 1.33 bits per heavy atom.